The highest BCUT2D eigenvalue weighted by molar-refractivity contribution is 7.17. The number of carbonyl (C=O) groups is 1. The van der Waals surface area contributed by atoms with E-state index >= 15 is 0 Å². The molecule has 0 bridgehead atoms. The van der Waals surface area contributed by atoms with Crippen LogP contribution in [0.2, 0.25) is 0 Å². The van der Waals surface area contributed by atoms with Gasteiger partial charge in [-0.15, -0.1) is 11.3 Å². The molecule has 0 atom stereocenters. The summed E-state index contributed by atoms with van der Waals surface area (Å²) in [5, 5.41) is 2.58. The van der Waals surface area contributed by atoms with Gasteiger partial charge in [-0.2, -0.15) is 0 Å². The lowest BCUT2D eigenvalue weighted by Crippen LogP contribution is -2.13. The summed E-state index contributed by atoms with van der Waals surface area (Å²) in [6.45, 7) is 0. The molecule has 23 heavy (non-hydrogen) atoms. The van der Waals surface area contributed by atoms with Crippen molar-refractivity contribution in [3.8, 4) is 10.7 Å². The number of anilines is 1. The van der Waals surface area contributed by atoms with Crippen molar-refractivity contribution in [2.45, 2.75) is 0 Å². The number of rotatable bonds is 3. The first-order valence-corrected chi connectivity index (χ1v) is 7.19. The third-order valence-corrected chi connectivity index (χ3v) is 3.88. The molecule has 116 valence electrons. The van der Waals surface area contributed by atoms with Crippen molar-refractivity contribution in [2.24, 2.45) is 0 Å². The Labute approximate surface area is 132 Å². The van der Waals surface area contributed by atoms with Crippen LogP contribution in [0.4, 0.5) is 18.9 Å². The second kappa shape index (κ2) is 6.17. The Morgan fingerprint density at radius 3 is 2.48 bits per heavy atom. The zero-order valence-corrected chi connectivity index (χ0v) is 12.2. The first kappa shape index (κ1) is 15.2. The Bertz CT molecular complexity index is 844. The van der Waals surface area contributed by atoms with E-state index in [9.17, 15) is 18.0 Å². The molecule has 1 amide bonds. The molecule has 2 aromatic heterocycles. The van der Waals surface area contributed by atoms with Crippen molar-refractivity contribution < 1.29 is 18.0 Å². The fourth-order valence-corrected chi connectivity index (χ4v) is 2.61. The van der Waals surface area contributed by atoms with Crippen LogP contribution in [0, 0.1) is 17.5 Å². The SMILES string of the molecule is O=C(Nc1c(F)cc(F)cc1F)c1cnc(-c2ccccn2)s1. The summed E-state index contributed by atoms with van der Waals surface area (Å²) in [7, 11) is 0. The maximum Gasteiger partial charge on any atom is 0.267 e. The first-order chi connectivity index (χ1) is 11.0. The molecule has 1 N–H and O–H groups in total. The average molecular weight is 335 g/mol. The Balaban J connectivity index is 1.84. The molecule has 0 unspecified atom stereocenters. The number of thiazole rings is 1. The third-order valence-electron chi connectivity index (χ3n) is 2.86. The fraction of sp³-hybridized carbons (Fsp3) is 0. The van der Waals surface area contributed by atoms with E-state index in [0.717, 1.165) is 11.3 Å². The van der Waals surface area contributed by atoms with Crippen LogP contribution in [0.1, 0.15) is 9.67 Å². The highest BCUT2D eigenvalue weighted by atomic mass is 32.1. The number of pyridine rings is 1. The molecule has 0 saturated carbocycles. The predicted octanol–water partition coefficient (Wildman–Crippen LogP) is 3.87. The first-order valence-electron chi connectivity index (χ1n) is 6.37. The lowest BCUT2D eigenvalue weighted by molar-refractivity contribution is 0.102. The molecule has 3 rings (SSSR count). The van der Waals surface area contributed by atoms with Crippen molar-refractivity contribution in [2.75, 3.05) is 5.32 Å². The van der Waals surface area contributed by atoms with Gasteiger partial charge < -0.3 is 5.32 Å². The predicted molar refractivity (Wildman–Crippen MR) is 79.6 cm³/mol. The van der Waals surface area contributed by atoms with E-state index in [1.807, 2.05) is 0 Å². The second-order valence-corrected chi connectivity index (χ2v) is 5.47. The van der Waals surface area contributed by atoms with Gasteiger partial charge in [0.05, 0.1) is 11.9 Å². The highest BCUT2D eigenvalue weighted by Crippen LogP contribution is 2.25. The number of benzene rings is 1. The molecule has 0 radical (unpaired) electrons. The molecule has 0 aliphatic rings. The Morgan fingerprint density at radius 1 is 1.09 bits per heavy atom. The number of hydrogen-bond acceptors (Lipinski definition) is 4. The third kappa shape index (κ3) is 3.21. The van der Waals surface area contributed by atoms with Gasteiger partial charge in [0.2, 0.25) is 0 Å². The monoisotopic (exact) mass is 335 g/mol. The lowest BCUT2D eigenvalue weighted by Gasteiger charge is -2.06. The molecule has 2 heterocycles. The van der Waals surface area contributed by atoms with Gasteiger partial charge in [0.1, 0.15) is 21.4 Å². The molecule has 0 saturated heterocycles. The second-order valence-electron chi connectivity index (χ2n) is 4.44. The minimum atomic E-state index is -1.19. The van der Waals surface area contributed by atoms with Crippen LogP contribution in [0.15, 0.2) is 42.7 Å². The summed E-state index contributed by atoms with van der Waals surface area (Å²) >= 11 is 1.02. The van der Waals surface area contributed by atoms with Gasteiger partial charge in [0.15, 0.2) is 11.6 Å². The van der Waals surface area contributed by atoms with E-state index in [1.54, 1.807) is 24.4 Å². The molecule has 4 nitrogen and oxygen atoms in total. The van der Waals surface area contributed by atoms with Crippen molar-refractivity contribution in [1.82, 2.24) is 9.97 Å². The number of nitrogens with one attached hydrogen (secondary N) is 1. The van der Waals surface area contributed by atoms with E-state index < -0.39 is 29.0 Å². The van der Waals surface area contributed by atoms with E-state index in [2.05, 4.69) is 15.3 Å². The van der Waals surface area contributed by atoms with Crippen LogP contribution >= 0.6 is 11.3 Å². The number of carbonyl (C=O) groups excluding carboxylic acids is 1. The van der Waals surface area contributed by atoms with Gasteiger partial charge in [-0.1, -0.05) is 6.07 Å². The summed E-state index contributed by atoms with van der Waals surface area (Å²) in [6, 6.07) is 6.22. The zero-order valence-electron chi connectivity index (χ0n) is 11.4. The topological polar surface area (TPSA) is 54.9 Å². The van der Waals surface area contributed by atoms with Crippen LogP contribution < -0.4 is 5.32 Å². The smallest absolute Gasteiger partial charge is 0.267 e. The largest absolute Gasteiger partial charge is 0.316 e. The minimum absolute atomic E-state index is 0.147. The molecule has 8 heteroatoms. The van der Waals surface area contributed by atoms with Crippen molar-refractivity contribution >= 4 is 22.9 Å². The Kier molecular flexibility index (Phi) is 4.07. The van der Waals surface area contributed by atoms with E-state index in [1.165, 1.54) is 6.20 Å². The summed E-state index contributed by atoms with van der Waals surface area (Å²) in [6.07, 6.45) is 2.86. The van der Waals surface area contributed by atoms with Crippen LogP contribution in [0.3, 0.4) is 0 Å². The maximum atomic E-state index is 13.5. The van der Waals surface area contributed by atoms with Crippen LogP contribution in [0.5, 0.6) is 0 Å². The summed E-state index contributed by atoms with van der Waals surface area (Å²) < 4.78 is 39.9. The van der Waals surface area contributed by atoms with Crippen molar-refractivity contribution in [3.05, 3.63) is 65.1 Å². The lowest BCUT2D eigenvalue weighted by atomic mass is 10.2. The molecule has 0 spiro atoms. The minimum Gasteiger partial charge on any atom is -0.316 e. The Hall–Kier alpha value is -2.74. The molecule has 0 fully saturated rings. The average Bonchev–Trinajstić information content (AvgIpc) is 3.01. The van der Waals surface area contributed by atoms with Gasteiger partial charge in [0.25, 0.3) is 5.91 Å². The standard InChI is InChI=1S/C15H8F3N3OS/c16-8-5-9(17)13(10(18)6-8)21-14(22)12-7-20-15(23-12)11-3-1-2-4-19-11/h1-7H,(H,21,22). The van der Waals surface area contributed by atoms with Gasteiger partial charge in [-0.05, 0) is 12.1 Å². The van der Waals surface area contributed by atoms with Crippen LogP contribution in [0.25, 0.3) is 10.7 Å². The van der Waals surface area contributed by atoms with Crippen LogP contribution in [-0.2, 0) is 0 Å². The van der Waals surface area contributed by atoms with E-state index in [-0.39, 0.29) is 4.88 Å². The summed E-state index contributed by atoms with van der Waals surface area (Å²) in [4.78, 5) is 20.4. The number of hydrogen-bond donors (Lipinski definition) is 1. The van der Waals surface area contributed by atoms with Gasteiger partial charge in [-0.25, -0.2) is 18.2 Å². The summed E-state index contributed by atoms with van der Waals surface area (Å²) in [5.41, 5.74) is -0.125. The zero-order chi connectivity index (χ0) is 16.4. The molecular weight excluding hydrogens is 327 g/mol. The fourth-order valence-electron chi connectivity index (χ4n) is 1.82. The molecule has 3 aromatic rings. The molecule has 1 aromatic carbocycles. The van der Waals surface area contributed by atoms with Crippen molar-refractivity contribution in [3.63, 3.8) is 0 Å². The number of amides is 1. The molecule has 0 aliphatic carbocycles. The van der Waals surface area contributed by atoms with Gasteiger partial charge >= 0.3 is 0 Å². The van der Waals surface area contributed by atoms with Gasteiger partial charge in [-0.3, -0.25) is 9.78 Å². The summed E-state index contributed by atoms with van der Waals surface area (Å²) in [5.74, 6) is -4.18. The normalized spacial score (nSPS) is 10.6. The molecule has 0 aliphatic heterocycles. The molecular formula is C15H8F3N3OS. The van der Waals surface area contributed by atoms with Crippen molar-refractivity contribution in [1.29, 1.82) is 0 Å². The quantitative estimate of drug-likeness (QED) is 0.790. The highest BCUT2D eigenvalue weighted by Gasteiger charge is 2.17. The number of aromatic nitrogens is 2. The Morgan fingerprint density at radius 2 is 1.83 bits per heavy atom. The number of halogens is 3. The van der Waals surface area contributed by atoms with E-state index in [0.29, 0.717) is 22.8 Å². The van der Waals surface area contributed by atoms with Crippen LogP contribution in [-0.4, -0.2) is 15.9 Å². The van der Waals surface area contributed by atoms with E-state index in [4.69, 9.17) is 0 Å². The maximum absolute atomic E-state index is 13.5. The number of nitrogens with zero attached hydrogens (tertiary/aromatic N) is 2. The van der Waals surface area contributed by atoms with Gasteiger partial charge in [0, 0.05) is 18.3 Å².